The van der Waals surface area contributed by atoms with E-state index in [1.54, 1.807) is 12.3 Å². The quantitative estimate of drug-likeness (QED) is 0.794. The molecular weight excluding hydrogens is 399 g/mol. The van der Waals surface area contributed by atoms with Crippen molar-refractivity contribution in [3.05, 3.63) is 30.2 Å². The van der Waals surface area contributed by atoms with E-state index in [9.17, 15) is 10.1 Å². The monoisotopic (exact) mass is 426 g/mol. The number of amides is 1. The van der Waals surface area contributed by atoms with E-state index in [4.69, 9.17) is 4.74 Å². The number of nitrogens with one attached hydrogen (secondary N) is 1. The number of ether oxygens (including phenoxy) is 1. The third-order valence-electron chi connectivity index (χ3n) is 6.13. The van der Waals surface area contributed by atoms with E-state index in [0.29, 0.717) is 50.1 Å². The largest absolute Gasteiger partial charge is 0.365 e. The maximum absolute atomic E-state index is 15.0. The Balaban J connectivity index is 1.48. The summed E-state index contributed by atoms with van der Waals surface area (Å²) in [4.78, 5) is 25.3. The van der Waals surface area contributed by atoms with Crippen molar-refractivity contribution in [3.63, 3.8) is 0 Å². The zero-order valence-electron chi connectivity index (χ0n) is 17.8. The van der Waals surface area contributed by atoms with Crippen LogP contribution >= 0.6 is 0 Å². The Morgan fingerprint density at radius 2 is 2.16 bits per heavy atom. The number of aromatic nitrogens is 2. The van der Waals surface area contributed by atoms with E-state index >= 15 is 4.39 Å². The molecule has 2 aliphatic heterocycles. The third kappa shape index (κ3) is 4.60. The number of piperidine rings is 1. The molecule has 4 rings (SSSR count). The minimum Gasteiger partial charge on any atom is -0.365 e. The number of carbonyl (C=O) groups excluding carboxylic acids is 1. The summed E-state index contributed by atoms with van der Waals surface area (Å²) < 4.78 is 20.9. The summed E-state index contributed by atoms with van der Waals surface area (Å²) in [5.74, 6) is -0.304. The SMILES string of the molecule is CC1CN(c2ccc(C#N)c3ncncc23)CC(C(=O)NCC2(F)CCN(C)CC2)O1. The number of nitrogens with zero attached hydrogens (tertiary/aromatic N) is 5. The van der Waals surface area contributed by atoms with E-state index in [1.165, 1.54) is 6.33 Å². The first-order valence-electron chi connectivity index (χ1n) is 10.6. The van der Waals surface area contributed by atoms with Crippen LogP contribution in [0.4, 0.5) is 10.1 Å². The van der Waals surface area contributed by atoms with Gasteiger partial charge in [0.05, 0.1) is 30.3 Å². The second-order valence-corrected chi connectivity index (χ2v) is 8.54. The maximum Gasteiger partial charge on any atom is 0.251 e. The molecule has 1 amide bonds. The lowest BCUT2D eigenvalue weighted by Crippen LogP contribution is -2.55. The van der Waals surface area contributed by atoms with E-state index in [0.717, 1.165) is 11.1 Å². The molecule has 2 atom stereocenters. The lowest BCUT2D eigenvalue weighted by Gasteiger charge is -2.39. The molecule has 3 heterocycles. The van der Waals surface area contributed by atoms with Crippen LogP contribution in [0.2, 0.25) is 0 Å². The first kappa shape index (κ1) is 21.4. The van der Waals surface area contributed by atoms with Gasteiger partial charge in [-0.05, 0) is 38.9 Å². The number of hydrogen-bond donors (Lipinski definition) is 1. The number of hydrogen-bond acceptors (Lipinski definition) is 7. The number of benzene rings is 1. The Morgan fingerprint density at radius 1 is 1.39 bits per heavy atom. The summed E-state index contributed by atoms with van der Waals surface area (Å²) in [6.07, 6.45) is 3.02. The molecule has 8 nitrogen and oxygen atoms in total. The summed E-state index contributed by atoms with van der Waals surface area (Å²) in [6, 6.07) is 5.74. The minimum atomic E-state index is -1.37. The van der Waals surface area contributed by atoms with Gasteiger partial charge in [-0.2, -0.15) is 5.26 Å². The number of nitriles is 1. The highest BCUT2D eigenvalue weighted by molar-refractivity contribution is 5.95. The Bertz CT molecular complexity index is 1000. The van der Waals surface area contributed by atoms with Gasteiger partial charge in [0.15, 0.2) is 6.10 Å². The average Bonchev–Trinajstić information content (AvgIpc) is 2.78. The fraction of sp³-hybridized carbons (Fsp3) is 0.545. The van der Waals surface area contributed by atoms with Crippen LogP contribution in [-0.2, 0) is 9.53 Å². The topological polar surface area (TPSA) is 94.4 Å². The maximum atomic E-state index is 15.0. The van der Waals surface area contributed by atoms with Crippen molar-refractivity contribution in [2.45, 2.75) is 37.6 Å². The molecule has 1 N–H and O–H groups in total. The molecule has 31 heavy (non-hydrogen) atoms. The first-order valence-corrected chi connectivity index (χ1v) is 10.6. The Kier molecular flexibility index (Phi) is 6.03. The van der Waals surface area contributed by atoms with Crippen molar-refractivity contribution in [2.24, 2.45) is 0 Å². The fourth-order valence-electron chi connectivity index (χ4n) is 4.28. The number of morpholine rings is 1. The van der Waals surface area contributed by atoms with Gasteiger partial charge in [-0.15, -0.1) is 0 Å². The van der Waals surface area contributed by atoms with Gasteiger partial charge in [-0.3, -0.25) is 4.79 Å². The van der Waals surface area contributed by atoms with Crippen LogP contribution in [0.5, 0.6) is 0 Å². The van der Waals surface area contributed by atoms with E-state index in [-0.39, 0.29) is 18.6 Å². The van der Waals surface area contributed by atoms with Gasteiger partial charge in [0.25, 0.3) is 5.91 Å². The molecular formula is C22H27FN6O2. The molecule has 0 radical (unpaired) electrons. The Morgan fingerprint density at radius 3 is 2.90 bits per heavy atom. The first-order chi connectivity index (χ1) is 14.9. The highest BCUT2D eigenvalue weighted by atomic mass is 19.1. The molecule has 0 saturated carbocycles. The van der Waals surface area contributed by atoms with Gasteiger partial charge < -0.3 is 19.9 Å². The van der Waals surface area contributed by atoms with Crippen LogP contribution in [0.3, 0.4) is 0 Å². The van der Waals surface area contributed by atoms with Gasteiger partial charge >= 0.3 is 0 Å². The predicted octanol–water partition coefficient (Wildman–Crippen LogP) is 1.65. The zero-order valence-corrected chi connectivity index (χ0v) is 17.8. The van der Waals surface area contributed by atoms with Crippen molar-refractivity contribution in [1.29, 1.82) is 5.26 Å². The summed E-state index contributed by atoms with van der Waals surface area (Å²) >= 11 is 0. The Hall–Kier alpha value is -2.83. The summed E-state index contributed by atoms with van der Waals surface area (Å²) in [7, 11) is 1.97. The molecule has 2 aromatic rings. The highest BCUT2D eigenvalue weighted by Gasteiger charge is 2.36. The number of rotatable bonds is 4. The van der Waals surface area contributed by atoms with Gasteiger partial charge in [0.1, 0.15) is 18.1 Å². The van der Waals surface area contributed by atoms with Gasteiger partial charge in [-0.25, -0.2) is 14.4 Å². The normalized spacial score (nSPS) is 24.0. The van der Waals surface area contributed by atoms with Gasteiger partial charge in [0, 0.05) is 36.9 Å². The lowest BCUT2D eigenvalue weighted by molar-refractivity contribution is -0.138. The third-order valence-corrected chi connectivity index (χ3v) is 6.13. The predicted molar refractivity (Wildman–Crippen MR) is 114 cm³/mol. The molecule has 2 fully saturated rings. The molecule has 0 spiro atoms. The number of carbonyl (C=O) groups is 1. The molecule has 2 saturated heterocycles. The smallest absolute Gasteiger partial charge is 0.251 e. The van der Waals surface area contributed by atoms with Crippen molar-refractivity contribution >= 4 is 22.5 Å². The molecule has 0 aliphatic carbocycles. The highest BCUT2D eigenvalue weighted by Crippen LogP contribution is 2.30. The summed E-state index contributed by atoms with van der Waals surface area (Å²) in [5.41, 5.74) is 0.530. The van der Waals surface area contributed by atoms with Crippen LogP contribution in [0.15, 0.2) is 24.7 Å². The van der Waals surface area contributed by atoms with Gasteiger partial charge in [-0.1, -0.05) is 0 Å². The lowest BCUT2D eigenvalue weighted by atomic mass is 9.93. The fourth-order valence-corrected chi connectivity index (χ4v) is 4.28. The van der Waals surface area contributed by atoms with Crippen molar-refractivity contribution in [2.75, 3.05) is 44.7 Å². The van der Waals surface area contributed by atoms with Crippen molar-refractivity contribution in [1.82, 2.24) is 20.2 Å². The second kappa shape index (κ2) is 8.73. The van der Waals surface area contributed by atoms with Crippen LogP contribution in [0, 0.1) is 11.3 Å². The molecule has 0 bridgehead atoms. The molecule has 1 aromatic heterocycles. The molecule has 9 heteroatoms. The minimum absolute atomic E-state index is 0.00154. The molecule has 2 unspecified atom stereocenters. The van der Waals surface area contributed by atoms with E-state index < -0.39 is 11.8 Å². The average molecular weight is 426 g/mol. The number of alkyl halides is 1. The second-order valence-electron chi connectivity index (χ2n) is 8.54. The van der Waals surface area contributed by atoms with E-state index in [1.807, 2.05) is 24.9 Å². The molecule has 1 aromatic carbocycles. The number of halogens is 1. The summed E-state index contributed by atoms with van der Waals surface area (Å²) in [5, 5.41) is 12.9. The number of anilines is 1. The van der Waals surface area contributed by atoms with Gasteiger partial charge in [0.2, 0.25) is 0 Å². The zero-order chi connectivity index (χ0) is 22.0. The van der Waals surface area contributed by atoms with Crippen molar-refractivity contribution in [3.8, 4) is 6.07 Å². The number of fused-ring (bicyclic) bond motifs is 1. The van der Waals surface area contributed by atoms with Crippen LogP contribution in [0.25, 0.3) is 10.9 Å². The summed E-state index contributed by atoms with van der Waals surface area (Å²) in [6.45, 7) is 4.19. The van der Waals surface area contributed by atoms with Crippen molar-refractivity contribution < 1.29 is 13.9 Å². The van der Waals surface area contributed by atoms with E-state index in [2.05, 4.69) is 26.3 Å². The van der Waals surface area contributed by atoms with Crippen LogP contribution < -0.4 is 10.2 Å². The number of likely N-dealkylation sites (tertiary alicyclic amines) is 1. The molecule has 2 aliphatic rings. The standard InChI is InChI=1S/C22H27FN6O2/c1-15-11-29(18-4-3-16(9-24)20-17(18)10-25-14-27-20)12-19(31-15)21(30)26-13-22(23)5-7-28(2)8-6-22/h3-4,10,14-15,19H,5-8,11-13H2,1-2H3,(H,26,30). The van der Waals surface area contributed by atoms with Crippen LogP contribution in [0.1, 0.15) is 25.3 Å². The molecule has 164 valence electrons. The Labute approximate surface area is 181 Å². The van der Waals surface area contributed by atoms with Crippen LogP contribution in [-0.4, -0.2) is 78.4 Å².